The van der Waals surface area contributed by atoms with Crippen molar-refractivity contribution in [2.75, 3.05) is 4.90 Å². The third-order valence-corrected chi connectivity index (χ3v) is 13.4. The maximum absolute atomic E-state index is 2.52. The summed E-state index contributed by atoms with van der Waals surface area (Å²) in [6.45, 7) is 6.99. The summed E-state index contributed by atoms with van der Waals surface area (Å²) in [5, 5.41) is 7.62. The molecule has 1 nitrogen and oxygen atoms in total. The van der Waals surface area contributed by atoms with Gasteiger partial charge in [0.1, 0.15) is 0 Å². The van der Waals surface area contributed by atoms with E-state index in [-0.39, 0.29) is 5.41 Å². The molecule has 0 atom stereocenters. The highest BCUT2D eigenvalue weighted by Gasteiger charge is 2.52. The summed E-state index contributed by atoms with van der Waals surface area (Å²) >= 11 is 0. The molecule has 0 radical (unpaired) electrons. The van der Waals surface area contributed by atoms with Crippen molar-refractivity contribution in [1.29, 1.82) is 0 Å². The standard InChI is InChI=1S/C59H43N/c1-58(2,3)39-29-32-50-51-34-31-41(37-56(51)59(55(50)35-39)53-26-14-11-24-48(53)49-25-12-15-27-54(49)59)60(57-28-16-13-19-42(57)38-17-5-4-6-18-38)40-30-33-47-45-22-8-7-20-43(45)44-21-9-10-23-46(44)52(47)36-40/h4-37H,1-3H3. The second-order valence-electron chi connectivity index (χ2n) is 17.6. The molecule has 0 N–H and O–H groups in total. The van der Waals surface area contributed by atoms with Crippen molar-refractivity contribution in [3.63, 3.8) is 0 Å². The molecular formula is C59H43N. The fraction of sp³-hybridized carbons (Fsp3) is 0.0847. The smallest absolute Gasteiger partial charge is 0.0726 e. The average molecular weight is 766 g/mol. The van der Waals surface area contributed by atoms with Crippen LogP contribution in [0.4, 0.5) is 17.1 Å². The lowest BCUT2D eigenvalue weighted by atomic mass is 9.69. The van der Waals surface area contributed by atoms with Gasteiger partial charge in [-0.1, -0.05) is 197 Å². The van der Waals surface area contributed by atoms with E-state index >= 15 is 0 Å². The monoisotopic (exact) mass is 765 g/mol. The summed E-state index contributed by atoms with van der Waals surface area (Å²) in [5.41, 5.74) is 17.3. The van der Waals surface area contributed by atoms with Crippen LogP contribution in [0.25, 0.3) is 65.7 Å². The van der Waals surface area contributed by atoms with Gasteiger partial charge in [0, 0.05) is 16.9 Å². The number of anilines is 3. The Morgan fingerprint density at radius 3 is 1.42 bits per heavy atom. The maximum Gasteiger partial charge on any atom is 0.0726 e. The predicted octanol–water partition coefficient (Wildman–Crippen LogP) is 15.9. The van der Waals surface area contributed by atoms with Crippen molar-refractivity contribution in [3.05, 3.63) is 234 Å². The van der Waals surface area contributed by atoms with Crippen molar-refractivity contribution in [2.24, 2.45) is 0 Å². The Morgan fingerprint density at radius 2 is 0.783 bits per heavy atom. The Hall–Kier alpha value is -7.22. The Labute approximate surface area is 351 Å². The van der Waals surface area contributed by atoms with E-state index in [0.717, 1.165) is 17.1 Å². The molecule has 0 saturated heterocycles. The first-order valence-corrected chi connectivity index (χ1v) is 21.2. The minimum atomic E-state index is -0.474. The lowest BCUT2D eigenvalue weighted by Gasteiger charge is -2.33. The number of hydrogen-bond donors (Lipinski definition) is 0. The summed E-state index contributed by atoms with van der Waals surface area (Å²) in [5.74, 6) is 0. The van der Waals surface area contributed by atoms with E-state index in [1.165, 1.54) is 93.5 Å². The summed E-state index contributed by atoms with van der Waals surface area (Å²) in [4.78, 5) is 2.51. The average Bonchev–Trinajstić information content (AvgIpc) is 3.76. The Balaban J connectivity index is 1.17. The van der Waals surface area contributed by atoms with E-state index in [2.05, 4.69) is 232 Å². The van der Waals surface area contributed by atoms with Gasteiger partial charge in [-0.3, -0.25) is 0 Å². The second kappa shape index (κ2) is 12.9. The van der Waals surface area contributed by atoms with Crippen LogP contribution in [0.1, 0.15) is 48.6 Å². The van der Waals surface area contributed by atoms with Crippen molar-refractivity contribution in [1.82, 2.24) is 0 Å². The van der Waals surface area contributed by atoms with Gasteiger partial charge in [-0.25, -0.2) is 0 Å². The van der Waals surface area contributed by atoms with Crippen LogP contribution in [0.15, 0.2) is 206 Å². The van der Waals surface area contributed by atoms with Crippen LogP contribution in [0.3, 0.4) is 0 Å². The molecule has 10 aromatic carbocycles. The minimum absolute atomic E-state index is 0.00266. The van der Waals surface area contributed by atoms with Crippen LogP contribution in [0, 0.1) is 0 Å². The highest BCUT2D eigenvalue weighted by atomic mass is 15.1. The topological polar surface area (TPSA) is 3.24 Å². The number of rotatable bonds is 4. The summed E-state index contributed by atoms with van der Waals surface area (Å²) in [6.07, 6.45) is 0. The fourth-order valence-corrected chi connectivity index (χ4v) is 10.7. The van der Waals surface area contributed by atoms with Gasteiger partial charge in [0.15, 0.2) is 0 Å². The Morgan fingerprint density at radius 1 is 0.333 bits per heavy atom. The number of benzene rings is 10. The van der Waals surface area contributed by atoms with Gasteiger partial charge in [0.2, 0.25) is 0 Å². The quantitative estimate of drug-likeness (QED) is 0.161. The largest absolute Gasteiger partial charge is 0.310 e. The zero-order chi connectivity index (χ0) is 40.2. The summed E-state index contributed by atoms with van der Waals surface area (Å²) in [6, 6.07) is 77.4. The van der Waals surface area contributed by atoms with Gasteiger partial charge in [-0.15, -0.1) is 0 Å². The van der Waals surface area contributed by atoms with E-state index in [9.17, 15) is 0 Å². The molecule has 12 rings (SSSR count). The van der Waals surface area contributed by atoms with E-state index in [0.29, 0.717) is 0 Å². The molecule has 0 heterocycles. The van der Waals surface area contributed by atoms with Gasteiger partial charge < -0.3 is 4.90 Å². The molecule has 0 aliphatic heterocycles. The molecule has 0 unspecified atom stereocenters. The van der Waals surface area contributed by atoms with Gasteiger partial charge >= 0.3 is 0 Å². The molecule has 0 fully saturated rings. The van der Waals surface area contributed by atoms with E-state index in [1.54, 1.807) is 0 Å². The first-order valence-electron chi connectivity index (χ1n) is 21.2. The lowest BCUT2D eigenvalue weighted by Crippen LogP contribution is -2.27. The van der Waals surface area contributed by atoms with Gasteiger partial charge in [-0.05, 0) is 124 Å². The first-order chi connectivity index (χ1) is 29.4. The van der Waals surface area contributed by atoms with Gasteiger partial charge in [0.25, 0.3) is 0 Å². The fourth-order valence-electron chi connectivity index (χ4n) is 10.7. The molecule has 284 valence electrons. The molecule has 10 aromatic rings. The normalized spacial score (nSPS) is 13.4. The number of nitrogens with zero attached hydrogens (tertiary/aromatic N) is 1. The predicted molar refractivity (Wildman–Crippen MR) is 254 cm³/mol. The molecular weight excluding hydrogens is 723 g/mol. The van der Waals surface area contributed by atoms with E-state index in [1.807, 2.05) is 0 Å². The molecule has 0 amide bonds. The molecule has 60 heavy (non-hydrogen) atoms. The molecule has 0 saturated carbocycles. The van der Waals surface area contributed by atoms with E-state index < -0.39 is 5.41 Å². The zero-order valence-electron chi connectivity index (χ0n) is 34.1. The lowest BCUT2D eigenvalue weighted by molar-refractivity contribution is 0.588. The molecule has 2 aliphatic rings. The van der Waals surface area contributed by atoms with Crippen molar-refractivity contribution in [3.8, 4) is 33.4 Å². The van der Waals surface area contributed by atoms with Gasteiger partial charge in [0.05, 0.1) is 11.1 Å². The third-order valence-electron chi connectivity index (χ3n) is 13.4. The van der Waals surface area contributed by atoms with Gasteiger partial charge in [-0.2, -0.15) is 0 Å². The zero-order valence-corrected chi connectivity index (χ0v) is 34.1. The van der Waals surface area contributed by atoms with Crippen LogP contribution >= 0.6 is 0 Å². The molecule has 0 bridgehead atoms. The van der Waals surface area contributed by atoms with Crippen LogP contribution in [0.2, 0.25) is 0 Å². The minimum Gasteiger partial charge on any atom is -0.310 e. The Kier molecular flexibility index (Phi) is 7.47. The highest BCUT2D eigenvalue weighted by Crippen LogP contribution is 2.64. The van der Waals surface area contributed by atoms with Crippen molar-refractivity contribution in [2.45, 2.75) is 31.6 Å². The molecule has 1 spiro atoms. The van der Waals surface area contributed by atoms with Crippen LogP contribution in [0.5, 0.6) is 0 Å². The Bertz CT molecular complexity index is 3280. The van der Waals surface area contributed by atoms with Crippen molar-refractivity contribution < 1.29 is 0 Å². The summed E-state index contributed by atoms with van der Waals surface area (Å²) < 4.78 is 0. The first kappa shape index (κ1) is 34.8. The van der Waals surface area contributed by atoms with Crippen LogP contribution in [-0.4, -0.2) is 0 Å². The van der Waals surface area contributed by atoms with Crippen LogP contribution in [-0.2, 0) is 10.8 Å². The highest BCUT2D eigenvalue weighted by molar-refractivity contribution is 6.25. The van der Waals surface area contributed by atoms with Crippen molar-refractivity contribution >= 4 is 49.4 Å². The maximum atomic E-state index is 2.52. The number of para-hydroxylation sites is 1. The van der Waals surface area contributed by atoms with E-state index in [4.69, 9.17) is 0 Å². The number of hydrogen-bond acceptors (Lipinski definition) is 1. The molecule has 1 heteroatoms. The number of fused-ring (bicyclic) bond motifs is 16. The molecule has 2 aliphatic carbocycles. The summed E-state index contributed by atoms with van der Waals surface area (Å²) in [7, 11) is 0. The second-order valence-corrected chi connectivity index (χ2v) is 17.6. The van der Waals surface area contributed by atoms with Crippen LogP contribution < -0.4 is 4.90 Å². The SMILES string of the molecule is CC(C)(C)c1ccc2c(c1)C1(c3ccccc3-c3ccccc31)c1cc(N(c3ccc4c5ccccc5c5ccccc5c4c3)c3ccccc3-c3ccccc3)ccc1-2. The third kappa shape index (κ3) is 4.87. The molecule has 0 aromatic heterocycles.